The van der Waals surface area contributed by atoms with Crippen molar-refractivity contribution >= 4 is 6.09 Å². The maximum Gasteiger partial charge on any atom is 0.408 e. The fourth-order valence-electron chi connectivity index (χ4n) is 2.64. The molecule has 2 unspecified atom stereocenters. The molecule has 2 atom stereocenters. The average molecular weight is 283 g/mol. The lowest BCUT2D eigenvalue weighted by Crippen LogP contribution is -2.34. The summed E-state index contributed by atoms with van der Waals surface area (Å²) in [6.07, 6.45) is -0.564. The van der Waals surface area contributed by atoms with Crippen LogP contribution in [0.25, 0.3) is 0 Å². The van der Waals surface area contributed by atoms with Crippen LogP contribution in [0, 0.1) is 0 Å². The number of nitrogens with one attached hydrogen (secondary N) is 1. The van der Waals surface area contributed by atoms with E-state index >= 15 is 0 Å². The summed E-state index contributed by atoms with van der Waals surface area (Å²) in [6.45, 7) is 0.219. The molecule has 0 radical (unpaired) electrons. The van der Waals surface area contributed by atoms with Crippen molar-refractivity contribution in [3.05, 3.63) is 71.3 Å². The number of rotatable bonds is 3. The summed E-state index contributed by atoms with van der Waals surface area (Å²) < 4.78 is 5.19. The molecule has 21 heavy (non-hydrogen) atoms. The molecular formula is C17H17NO3. The van der Waals surface area contributed by atoms with Crippen LogP contribution >= 0.6 is 0 Å². The van der Waals surface area contributed by atoms with Gasteiger partial charge in [0.1, 0.15) is 6.61 Å². The molecule has 2 aromatic rings. The Balaban J connectivity index is 1.60. The van der Waals surface area contributed by atoms with Crippen molar-refractivity contribution in [2.45, 2.75) is 25.2 Å². The third kappa shape index (κ3) is 3.06. The molecule has 2 aromatic carbocycles. The Kier molecular flexibility index (Phi) is 3.88. The number of benzene rings is 2. The highest BCUT2D eigenvalue weighted by molar-refractivity contribution is 5.68. The van der Waals surface area contributed by atoms with Crippen LogP contribution in [0.15, 0.2) is 54.6 Å². The van der Waals surface area contributed by atoms with Gasteiger partial charge in [-0.3, -0.25) is 0 Å². The summed E-state index contributed by atoms with van der Waals surface area (Å²) in [5.41, 5.74) is 2.96. The second-order valence-corrected chi connectivity index (χ2v) is 5.15. The predicted octanol–water partition coefficient (Wildman–Crippen LogP) is 2.57. The average Bonchev–Trinajstić information content (AvgIpc) is 2.82. The van der Waals surface area contributed by atoms with E-state index < -0.39 is 18.2 Å². The van der Waals surface area contributed by atoms with Crippen LogP contribution in [0.4, 0.5) is 4.79 Å². The number of amides is 1. The molecule has 0 fully saturated rings. The van der Waals surface area contributed by atoms with Crippen LogP contribution in [0.2, 0.25) is 0 Å². The molecule has 4 nitrogen and oxygen atoms in total. The highest BCUT2D eigenvalue weighted by Crippen LogP contribution is 2.31. The Labute approximate surface area is 123 Å². The summed E-state index contributed by atoms with van der Waals surface area (Å²) in [5, 5.41) is 12.8. The summed E-state index contributed by atoms with van der Waals surface area (Å²) >= 11 is 0. The van der Waals surface area contributed by atoms with Gasteiger partial charge in [0.05, 0.1) is 12.1 Å². The van der Waals surface area contributed by atoms with Crippen molar-refractivity contribution in [3.8, 4) is 0 Å². The minimum absolute atomic E-state index is 0.219. The lowest BCUT2D eigenvalue weighted by atomic mass is 10.1. The van der Waals surface area contributed by atoms with Crippen LogP contribution in [0.5, 0.6) is 0 Å². The number of carbonyl (C=O) groups excluding carboxylic acids is 1. The maximum absolute atomic E-state index is 11.9. The monoisotopic (exact) mass is 283 g/mol. The van der Waals surface area contributed by atoms with Gasteiger partial charge < -0.3 is 15.2 Å². The smallest absolute Gasteiger partial charge is 0.408 e. The SMILES string of the molecule is O=C(NC1c2ccccc2CC1O)OCc1ccccc1. The predicted molar refractivity (Wildman–Crippen MR) is 78.7 cm³/mol. The summed E-state index contributed by atoms with van der Waals surface area (Å²) in [4.78, 5) is 11.9. The zero-order valence-corrected chi connectivity index (χ0v) is 11.5. The number of carbonyl (C=O) groups is 1. The van der Waals surface area contributed by atoms with Crippen molar-refractivity contribution in [2.75, 3.05) is 0 Å². The van der Waals surface area contributed by atoms with E-state index in [4.69, 9.17) is 4.74 Å². The van der Waals surface area contributed by atoms with Crippen LogP contribution in [0.1, 0.15) is 22.7 Å². The first-order valence-corrected chi connectivity index (χ1v) is 6.97. The molecule has 0 saturated carbocycles. The van der Waals surface area contributed by atoms with E-state index in [0.29, 0.717) is 6.42 Å². The number of fused-ring (bicyclic) bond motifs is 1. The molecule has 0 aromatic heterocycles. The number of aliphatic hydroxyl groups is 1. The van der Waals surface area contributed by atoms with Crippen LogP contribution in [-0.2, 0) is 17.8 Å². The Hall–Kier alpha value is -2.33. The molecule has 108 valence electrons. The van der Waals surface area contributed by atoms with Gasteiger partial charge in [0.25, 0.3) is 0 Å². The van der Waals surface area contributed by atoms with E-state index in [1.807, 2.05) is 54.6 Å². The van der Waals surface area contributed by atoms with Crippen LogP contribution in [0.3, 0.4) is 0 Å². The summed E-state index contributed by atoms with van der Waals surface area (Å²) in [7, 11) is 0. The minimum Gasteiger partial charge on any atom is -0.445 e. The van der Waals surface area contributed by atoms with Gasteiger partial charge in [-0.15, -0.1) is 0 Å². The number of ether oxygens (including phenoxy) is 1. The fraction of sp³-hybridized carbons (Fsp3) is 0.235. The third-order valence-electron chi connectivity index (χ3n) is 3.69. The van der Waals surface area contributed by atoms with Gasteiger partial charge in [-0.05, 0) is 16.7 Å². The molecule has 0 heterocycles. The Bertz CT molecular complexity index is 627. The van der Waals surface area contributed by atoms with Gasteiger partial charge in [-0.1, -0.05) is 54.6 Å². The van der Waals surface area contributed by atoms with E-state index in [0.717, 1.165) is 16.7 Å². The minimum atomic E-state index is -0.605. The lowest BCUT2D eigenvalue weighted by Gasteiger charge is -2.17. The molecule has 1 amide bonds. The van der Waals surface area contributed by atoms with Gasteiger partial charge in [0.2, 0.25) is 0 Å². The van der Waals surface area contributed by atoms with Crippen molar-refractivity contribution < 1.29 is 14.6 Å². The van der Waals surface area contributed by atoms with Crippen molar-refractivity contribution in [1.29, 1.82) is 0 Å². The standard InChI is InChI=1S/C17H17NO3/c19-15-10-13-8-4-5-9-14(13)16(15)18-17(20)21-11-12-6-2-1-3-7-12/h1-9,15-16,19H,10-11H2,(H,18,20). The van der Waals surface area contributed by atoms with Gasteiger partial charge >= 0.3 is 6.09 Å². The molecule has 1 aliphatic rings. The van der Waals surface area contributed by atoms with Gasteiger partial charge in [0, 0.05) is 6.42 Å². The molecule has 0 saturated heterocycles. The van der Waals surface area contributed by atoms with E-state index in [1.165, 1.54) is 0 Å². The van der Waals surface area contributed by atoms with Crippen LogP contribution < -0.4 is 5.32 Å². The van der Waals surface area contributed by atoms with Gasteiger partial charge in [-0.2, -0.15) is 0 Å². The highest BCUT2D eigenvalue weighted by atomic mass is 16.5. The first-order valence-electron chi connectivity index (χ1n) is 6.97. The van der Waals surface area contributed by atoms with E-state index in [1.54, 1.807) is 0 Å². The Morgan fingerprint density at radius 1 is 1.14 bits per heavy atom. The van der Waals surface area contributed by atoms with Gasteiger partial charge in [0.15, 0.2) is 0 Å². The first-order chi connectivity index (χ1) is 10.2. The first kappa shape index (κ1) is 13.6. The zero-order chi connectivity index (χ0) is 14.7. The quantitative estimate of drug-likeness (QED) is 0.910. The second kappa shape index (κ2) is 5.97. The second-order valence-electron chi connectivity index (χ2n) is 5.15. The molecule has 4 heteroatoms. The molecule has 2 N–H and O–H groups in total. The number of hydrogen-bond donors (Lipinski definition) is 2. The third-order valence-corrected chi connectivity index (χ3v) is 3.69. The zero-order valence-electron chi connectivity index (χ0n) is 11.5. The van der Waals surface area contributed by atoms with Gasteiger partial charge in [-0.25, -0.2) is 4.79 Å². The van der Waals surface area contributed by atoms with Crippen molar-refractivity contribution in [1.82, 2.24) is 5.32 Å². The van der Waals surface area contributed by atoms with Crippen LogP contribution in [-0.4, -0.2) is 17.3 Å². The van der Waals surface area contributed by atoms with E-state index in [2.05, 4.69) is 5.32 Å². The number of alkyl carbamates (subject to hydrolysis) is 1. The van der Waals surface area contributed by atoms with Crippen molar-refractivity contribution in [2.24, 2.45) is 0 Å². The molecule has 1 aliphatic carbocycles. The van der Waals surface area contributed by atoms with E-state index in [9.17, 15) is 9.90 Å². The molecule has 0 spiro atoms. The summed E-state index contributed by atoms with van der Waals surface area (Å²) in [5.74, 6) is 0. The van der Waals surface area contributed by atoms with Crippen molar-refractivity contribution in [3.63, 3.8) is 0 Å². The number of aliphatic hydroxyl groups excluding tert-OH is 1. The highest BCUT2D eigenvalue weighted by Gasteiger charge is 2.32. The molecule has 0 aliphatic heterocycles. The molecule has 0 bridgehead atoms. The Morgan fingerprint density at radius 3 is 2.67 bits per heavy atom. The molecular weight excluding hydrogens is 266 g/mol. The fourth-order valence-corrected chi connectivity index (χ4v) is 2.64. The summed E-state index contributed by atoms with van der Waals surface area (Å²) in [6, 6.07) is 16.8. The van der Waals surface area contributed by atoms with E-state index in [-0.39, 0.29) is 6.61 Å². The largest absolute Gasteiger partial charge is 0.445 e. The Morgan fingerprint density at radius 2 is 1.86 bits per heavy atom. The normalized spacial score (nSPS) is 19.9. The number of hydrogen-bond acceptors (Lipinski definition) is 3. The molecule has 3 rings (SSSR count). The maximum atomic E-state index is 11.9. The topological polar surface area (TPSA) is 58.6 Å². The lowest BCUT2D eigenvalue weighted by molar-refractivity contribution is 0.109.